The van der Waals surface area contributed by atoms with E-state index in [1.165, 1.54) is 0 Å². The standard InChI is InChI=1S/C27H29N3O4S/c1-3-14-34-24-11-7-10-22(15-24)27(31)30-13-12-25-23(18-30)16-28-20(2)26(25)17-29-35(32,33)19-21-8-5-4-6-9-21/h3-11,15-16,29H,1,12-14,17-19H2,2H3. The molecule has 0 unspecified atom stereocenters. The lowest BCUT2D eigenvalue weighted by molar-refractivity contribution is 0.0733. The average molecular weight is 492 g/mol. The molecule has 0 bridgehead atoms. The van der Waals surface area contributed by atoms with Gasteiger partial charge in [0.2, 0.25) is 10.0 Å². The summed E-state index contributed by atoms with van der Waals surface area (Å²) in [7, 11) is -3.51. The molecule has 3 aromatic rings. The number of sulfonamides is 1. The number of hydrogen-bond donors (Lipinski definition) is 1. The van der Waals surface area contributed by atoms with Crippen LogP contribution in [-0.4, -0.2) is 37.4 Å². The Bertz CT molecular complexity index is 1320. The number of ether oxygens (including phenoxy) is 1. The maximum absolute atomic E-state index is 13.2. The predicted molar refractivity (Wildman–Crippen MR) is 135 cm³/mol. The maximum atomic E-state index is 13.2. The number of fused-ring (bicyclic) bond motifs is 1. The average Bonchev–Trinajstić information content (AvgIpc) is 2.86. The Morgan fingerprint density at radius 2 is 2.00 bits per heavy atom. The van der Waals surface area contributed by atoms with E-state index in [1.807, 2.05) is 31.2 Å². The van der Waals surface area contributed by atoms with Crippen LogP contribution in [0.1, 0.15) is 38.3 Å². The van der Waals surface area contributed by atoms with E-state index >= 15 is 0 Å². The van der Waals surface area contributed by atoms with Gasteiger partial charge in [-0.3, -0.25) is 9.78 Å². The number of carbonyl (C=O) groups excluding carboxylic acids is 1. The van der Waals surface area contributed by atoms with Crippen LogP contribution >= 0.6 is 0 Å². The summed E-state index contributed by atoms with van der Waals surface area (Å²) in [5, 5.41) is 0. The van der Waals surface area contributed by atoms with Crippen molar-refractivity contribution in [3.63, 3.8) is 0 Å². The van der Waals surface area contributed by atoms with Gasteiger partial charge in [-0.05, 0) is 53.8 Å². The second-order valence-electron chi connectivity index (χ2n) is 8.50. The molecule has 1 aliphatic heterocycles. The third-order valence-corrected chi connectivity index (χ3v) is 7.30. The monoisotopic (exact) mass is 491 g/mol. The smallest absolute Gasteiger partial charge is 0.254 e. The van der Waals surface area contributed by atoms with E-state index in [0.717, 1.165) is 27.9 Å². The summed E-state index contributed by atoms with van der Waals surface area (Å²) in [6.45, 7) is 7.03. The molecule has 0 saturated carbocycles. The van der Waals surface area contributed by atoms with Gasteiger partial charge in [-0.1, -0.05) is 49.1 Å². The van der Waals surface area contributed by atoms with E-state index in [9.17, 15) is 13.2 Å². The number of rotatable bonds is 9. The molecular formula is C27H29N3O4S. The van der Waals surface area contributed by atoms with Gasteiger partial charge in [0.1, 0.15) is 12.4 Å². The van der Waals surface area contributed by atoms with Gasteiger partial charge in [-0.15, -0.1) is 0 Å². The Hall–Kier alpha value is -3.49. The minimum Gasteiger partial charge on any atom is -0.490 e. The Labute approximate surface area is 206 Å². The lowest BCUT2D eigenvalue weighted by Crippen LogP contribution is -2.37. The van der Waals surface area contributed by atoms with E-state index in [-0.39, 0.29) is 18.2 Å². The van der Waals surface area contributed by atoms with Crippen molar-refractivity contribution in [1.29, 1.82) is 0 Å². The highest BCUT2D eigenvalue weighted by atomic mass is 32.2. The molecule has 7 nitrogen and oxygen atoms in total. The fourth-order valence-corrected chi connectivity index (χ4v) is 5.31. The van der Waals surface area contributed by atoms with Crippen LogP contribution in [0.3, 0.4) is 0 Å². The summed E-state index contributed by atoms with van der Waals surface area (Å²) >= 11 is 0. The lowest BCUT2D eigenvalue weighted by atomic mass is 9.94. The minimum atomic E-state index is -3.51. The van der Waals surface area contributed by atoms with Crippen LogP contribution in [-0.2, 0) is 35.3 Å². The molecular weight excluding hydrogens is 462 g/mol. The summed E-state index contributed by atoms with van der Waals surface area (Å²) in [6, 6.07) is 16.2. The number of aromatic nitrogens is 1. The molecule has 35 heavy (non-hydrogen) atoms. The number of nitrogens with one attached hydrogen (secondary N) is 1. The van der Waals surface area contributed by atoms with Crippen LogP contribution in [0.2, 0.25) is 0 Å². The van der Waals surface area contributed by atoms with Gasteiger partial charge in [0.25, 0.3) is 5.91 Å². The van der Waals surface area contributed by atoms with E-state index in [2.05, 4.69) is 16.3 Å². The Morgan fingerprint density at radius 1 is 1.20 bits per heavy atom. The van der Waals surface area contributed by atoms with Crippen LogP contribution < -0.4 is 9.46 Å². The molecule has 2 heterocycles. The lowest BCUT2D eigenvalue weighted by Gasteiger charge is -2.30. The van der Waals surface area contributed by atoms with Crippen molar-refractivity contribution in [1.82, 2.24) is 14.6 Å². The minimum absolute atomic E-state index is 0.0762. The van der Waals surface area contributed by atoms with Gasteiger partial charge < -0.3 is 9.64 Å². The normalized spacial score (nSPS) is 13.2. The first-order valence-electron chi connectivity index (χ1n) is 11.5. The number of benzene rings is 2. The predicted octanol–water partition coefficient (Wildman–Crippen LogP) is 3.77. The summed E-state index contributed by atoms with van der Waals surface area (Å²) < 4.78 is 33.6. The molecule has 1 amide bonds. The van der Waals surface area contributed by atoms with Crippen molar-refractivity contribution < 1.29 is 17.9 Å². The highest BCUT2D eigenvalue weighted by Crippen LogP contribution is 2.26. The molecule has 0 saturated heterocycles. The molecule has 8 heteroatoms. The van der Waals surface area contributed by atoms with Crippen LogP contribution in [0.4, 0.5) is 0 Å². The first-order valence-corrected chi connectivity index (χ1v) is 13.1. The summed E-state index contributed by atoms with van der Waals surface area (Å²) in [5.41, 5.74) is 4.96. The maximum Gasteiger partial charge on any atom is 0.254 e. The molecule has 4 rings (SSSR count). The fraction of sp³-hybridized carbons (Fsp3) is 0.259. The van der Waals surface area contributed by atoms with Gasteiger partial charge in [-0.2, -0.15) is 0 Å². The van der Waals surface area contributed by atoms with Gasteiger partial charge in [0, 0.05) is 37.1 Å². The van der Waals surface area contributed by atoms with E-state index in [0.29, 0.717) is 37.4 Å². The molecule has 1 aromatic heterocycles. The number of amides is 1. The molecule has 0 spiro atoms. The zero-order valence-corrected chi connectivity index (χ0v) is 20.6. The fourth-order valence-electron chi connectivity index (χ4n) is 4.21. The Balaban J connectivity index is 1.47. The Kier molecular flexibility index (Phi) is 7.63. The quantitative estimate of drug-likeness (QED) is 0.461. The van der Waals surface area contributed by atoms with E-state index in [1.54, 1.807) is 47.5 Å². The summed E-state index contributed by atoms with van der Waals surface area (Å²) in [6.07, 6.45) is 4.08. The van der Waals surface area contributed by atoms with Crippen LogP contribution in [0.5, 0.6) is 5.75 Å². The van der Waals surface area contributed by atoms with Crippen molar-refractivity contribution in [2.45, 2.75) is 32.2 Å². The molecule has 0 fully saturated rings. The van der Waals surface area contributed by atoms with Crippen molar-refractivity contribution in [2.75, 3.05) is 13.2 Å². The Morgan fingerprint density at radius 3 is 2.77 bits per heavy atom. The first kappa shape index (κ1) is 24.6. The van der Waals surface area contributed by atoms with Gasteiger partial charge in [-0.25, -0.2) is 13.1 Å². The zero-order chi connectivity index (χ0) is 24.8. The van der Waals surface area contributed by atoms with Crippen molar-refractivity contribution in [3.8, 4) is 5.75 Å². The second kappa shape index (κ2) is 10.8. The SMILES string of the molecule is C=CCOc1cccc(C(=O)N2CCc3c(cnc(C)c3CNS(=O)(=O)Cc3ccccc3)C2)c1. The molecule has 1 N–H and O–H groups in total. The molecule has 2 aromatic carbocycles. The number of aryl methyl sites for hydroxylation is 1. The highest BCUT2D eigenvalue weighted by molar-refractivity contribution is 7.88. The van der Waals surface area contributed by atoms with Gasteiger partial charge >= 0.3 is 0 Å². The summed E-state index contributed by atoms with van der Waals surface area (Å²) in [5.74, 6) is 0.466. The largest absolute Gasteiger partial charge is 0.490 e. The zero-order valence-electron chi connectivity index (χ0n) is 19.7. The van der Waals surface area contributed by atoms with Crippen LogP contribution in [0.15, 0.2) is 73.4 Å². The molecule has 0 radical (unpaired) electrons. The molecule has 182 valence electrons. The van der Waals surface area contributed by atoms with Crippen molar-refractivity contribution in [2.24, 2.45) is 0 Å². The molecule has 0 aliphatic carbocycles. The van der Waals surface area contributed by atoms with E-state index < -0.39 is 10.0 Å². The first-order chi connectivity index (χ1) is 16.9. The van der Waals surface area contributed by atoms with Crippen molar-refractivity contribution in [3.05, 3.63) is 107 Å². The summed E-state index contributed by atoms with van der Waals surface area (Å²) in [4.78, 5) is 19.4. The third-order valence-electron chi connectivity index (χ3n) is 6.00. The number of carbonyl (C=O) groups is 1. The molecule has 0 atom stereocenters. The highest BCUT2D eigenvalue weighted by Gasteiger charge is 2.25. The van der Waals surface area contributed by atoms with Crippen LogP contribution in [0, 0.1) is 6.92 Å². The number of nitrogens with zero attached hydrogens (tertiary/aromatic N) is 2. The number of hydrogen-bond acceptors (Lipinski definition) is 5. The van der Waals surface area contributed by atoms with Crippen molar-refractivity contribution >= 4 is 15.9 Å². The van der Waals surface area contributed by atoms with Crippen LogP contribution in [0.25, 0.3) is 0 Å². The van der Waals surface area contributed by atoms with Gasteiger partial charge in [0.05, 0.1) is 5.75 Å². The van der Waals surface area contributed by atoms with E-state index in [4.69, 9.17) is 4.74 Å². The topological polar surface area (TPSA) is 88.6 Å². The second-order valence-corrected chi connectivity index (χ2v) is 10.3. The third kappa shape index (κ3) is 6.15. The molecule has 1 aliphatic rings. The number of pyridine rings is 1. The van der Waals surface area contributed by atoms with Gasteiger partial charge in [0.15, 0.2) is 0 Å².